The van der Waals surface area contributed by atoms with Crippen molar-refractivity contribution in [2.24, 2.45) is 0 Å². The monoisotopic (exact) mass is 447 g/mol. The zero-order valence-electron chi connectivity index (χ0n) is 17.5. The molecule has 0 unspecified atom stereocenters. The number of sulfone groups is 1. The number of pyridine rings is 1. The van der Waals surface area contributed by atoms with Crippen LogP contribution in [0.15, 0.2) is 71.6 Å². The fraction of sp³-hybridized carbons (Fsp3) is 0.125. The second kappa shape index (κ2) is 9.90. The maximum Gasteiger partial charge on any atom is 0.222 e. The summed E-state index contributed by atoms with van der Waals surface area (Å²) in [7, 11) is -3.57. The van der Waals surface area contributed by atoms with Crippen LogP contribution in [0.3, 0.4) is 0 Å². The van der Waals surface area contributed by atoms with Gasteiger partial charge in [-0.15, -0.1) is 0 Å². The Morgan fingerprint density at radius 2 is 1.56 bits per heavy atom. The summed E-state index contributed by atoms with van der Waals surface area (Å²) in [6, 6.07) is 18.1. The van der Waals surface area contributed by atoms with E-state index in [0.29, 0.717) is 28.3 Å². The first-order chi connectivity index (χ1) is 15.2. The van der Waals surface area contributed by atoms with Crippen molar-refractivity contribution in [2.45, 2.75) is 24.5 Å². The molecule has 7 nitrogen and oxygen atoms in total. The highest BCUT2D eigenvalue weighted by Crippen LogP contribution is 2.19. The molecular weight excluding hydrogens is 426 g/mol. The number of aromatic nitrogens is 1. The second-order valence-corrected chi connectivity index (χ2v) is 8.99. The van der Waals surface area contributed by atoms with Crippen molar-refractivity contribution in [1.82, 2.24) is 4.98 Å². The summed E-state index contributed by atoms with van der Waals surface area (Å²) in [6.07, 6.45) is 0. The van der Waals surface area contributed by atoms with E-state index in [1.54, 1.807) is 54.6 Å². The average Bonchev–Trinajstić information content (AvgIpc) is 2.72. The molecule has 0 bridgehead atoms. The van der Waals surface area contributed by atoms with Gasteiger partial charge in [0.1, 0.15) is 11.5 Å². The molecule has 3 rings (SSSR count). The third-order valence-corrected chi connectivity index (χ3v) is 5.91. The van der Waals surface area contributed by atoms with E-state index in [1.807, 2.05) is 0 Å². The number of nitrogens with zero attached hydrogens (tertiary/aromatic N) is 1. The van der Waals surface area contributed by atoms with E-state index in [4.69, 9.17) is 0 Å². The lowest BCUT2D eigenvalue weighted by Crippen LogP contribution is -2.08. The molecule has 0 fully saturated rings. The Kier molecular flexibility index (Phi) is 7.03. The van der Waals surface area contributed by atoms with Gasteiger partial charge in [-0.2, -0.15) is 0 Å². The van der Waals surface area contributed by atoms with Gasteiger partial charge in [0.2, 0.25) is 11.8 Å². The summed E-state index contributed by atoms with van der Waals surface area (Å²) in [5.41, 5.74) is 2.23. The smallest absolute Gasteiger partial charge is 0.222 e. The number of hydrogen-bond acceptors (Lipinski definition) is 5. The molecule has 32 heavy (non-hydrogen) atoms. The minimum Gasteiger partial charge on any atom is -0.326 e. The van der Waals surface area contributed by atoms with E-state index in [2.05, 4.69) is 27.5 Å². The molecule has 0 aliphatic heterocycles. The molecule has 3 aromatic rings. The summed E-state index contributed by atoms with van der Waals surface area (Å²) < 4.78 is 25.6. The topological polar surface area (TPSA) is 105 Å². The van der Waals surface area contributed by atoms with Crippen molar-refractivity contribution in [3.8, 4) is 11.8 Å². The Bertz CT molecular complexity index is 1320. The lowest BCUT2D eigenvalue weighted by molar-refractivity contribution is -0.115. The van der Waals surface area contributed by atoms with E-state index in [9.17, 15) is 18.0 Å². The maximum absolute atomic E-state index is 12.8. The molecular formula is C24H21N3O4S. The first kappa shape index (κ1) is 22.7. The molecule has 2 N–H and O–H groups in total. The number of carbonyl (C=O) groups excluding carboxylic acids is 2. The summed E-state index contributed by atoms with van der Waals surface area (Å²) in [6.45, 7) is 2.79. The summed E-state index contributed by atoms with van der Waals surface area (Å²) in [5.74, 6) is 5.61. The van der Waals surface area contributed by atoms with Gasteiger partial charge in [0.15, 0.2) is 9.84 Å². The Labute approximate surface area is 186 Å². The van der Waals surface area contributed by atoms with Gasteiger partial charge in [-0.3, -0.25) is 9.59 Å². The SMILES string of the molecule is CC(=O)Nc1cccc(CS(=O)(=O)c2ccc(C#Cc3cccc(NC(C)=O)n3)cc2)c1. The minimum atomic E-state index is -3.57. The Balaban J connectivity index is 1.74. The van der Waals surface area contributed by atoms with Crippen molar-refractivity contribution < 1.29 is 18.0 Å². The standard InChI is InChI=1S/C24H21N3O4S/c1-17(28)25-22-7-3-5-20(15-22)16-32(30,31)23-13-10-19(11-14-23)9-12-21-6-4-8-24(27-21)26-18(2)29/h3-8,10-11,13-15H,16H2,1-2H3,(H,25,28)(H,26,27,29). The van der Waals surface area contributed by atoms with Crippen molar-refractivity contribution in [3.05, 3.63) is 83.6 Å². The van der Waals surface area contributed by atoms with Crippen LogP contribution in [0, 0.1) is 11.8 Å². The average molecular weight is 448 g/mol. The third-order valence-electron chi connectivity index (χ3n) is 4.21. The van der Waals surface area contributed by atoms with Crippen LogP contribution in [-0.2, 0) is 25.2 Å². The fourth-order valence-electron chi connectivity index (χ4n) is 2.88. The molecule has 1 heterocycles. The molecule has 162 valence electrons. The van der Waals surface area contributed by atoms with Crippen LogP contribution in [0.2, 0.25) is 0 Å². The Morgan fingerprint density at radius 1 is 0.875 bits per heavy atom. The van der Waals surface area contributed by atoms with Crippen LogP contribution >= 0.6 is 0 Å². The third kappa shape index (κ3) is 6.52. The number of amides is 2. The van der Waals surface area contributed by atoms with Gasteiger partial charge in [-0.05, 0) is 60.0 Å². The Hall–Kier alpha value is -3.96. The van der Waals surface area contributed by atoms with E-state index in [1.165, 1.54) is 26.0 Å². The largest absolute Gasteiger partial charge is 0.326 e. The van der Waals surface area contributed by atoms with Crippen molar-refractivity contribution >= 4 is 33.2 Å². The van der Waals surface area contributed by atoms with Crippen LogP contribution in [0.25, 0.3) is 0 Å². The van der Waals surface area contributed by atoms with Gasteiger partial charge in [0.05, 0.1) is 10.6 Å². The van der Waals surface area contributed by atoms with Crippen molar-refractivity contribution in [1.29, 1.82) is 0 Å². The van der Waals surface area contributed by atoms with E-state index in [0.717, 1.165) is 0 Å². The number of rotatable bonds is 5. The van der Waals surface area contributed by atoms with Gasteiger partial charge < -0.3 is 10.6 Å². The number of nitrogens with one attached hydrogen (secondary N) is 2. The molecule has 0 saturated heterocycles. The molecule has 2 amide bonds. The molecule has 1 aromatic heterocycles. The van der Waals surface area contributed by atoms with Crippen molar-refractivity contribution in [3.63, 3.8) is 0 Å². The molecule has 0 aliphatic carbocycles. The lowest BCUT2D eigenvalue weighted by Gasteiger charge is -2.07. The lowest BCUT2D eigenvalue weighted by atomic mass is 10.2. The predicted molar refractivity (Wildman–Crippen MR) is 123 cm³/mol. The molecule has 0 aliphatic rings. The zero-order valence-corrected chi connectivity index (χ0v) is 18.4. The number of benzene rings is 2. The number of anilines is 2. The number of carbonyl (C=O) groups is 2. The summed E-state index contributed by atoms with van der Waals surface area (Å²) in [5, 5.41) is 5.24. The van der Waals surface area contributed by atoms with Gasteiger partial charge in [-0.25, -0.2) is 13.4 Å². The summed E-state index contributed by atoms with van der Waals surface area (Å²) >= 11 is 0. The summed E-state index contributed by atoms with van der Waals surface area (Å²) in [4.78, 5) is 26.8. The van der Waals surface area contributed by atoms with Crippen LogP contribution < -0.4 is 10.6 Å². The van der Waals surface area contributed by atoms with Crippen molar-refractivity contribution in [2.75, 3.05) is 10.6 Å². The highest BCUT2D eigenvalue weighted by molar-refractivity contribution is 7.90. The second-order valence-electron chi connectivity index (χ2n) is 7.00. The molecule has 0 spiro atoms. The predicted octanol–water partition coefficient (Wildman–Crippen LogP) is 3.37. The Morgan fingerprint density at radius 3 is 2.25 bits per heavy atom. The minimum absolute atomic E-state index is 0.179. The highest BCUT2D eigenvalue weighted by atomic mass is 32.2. The van der Waals surface area contributed by atoms with Crippen LogP contribution in [0.4, 0.5) is 11.5 Å². The number of hydrogen-bond donors (Lipinski definition) is 2. The van der Waals surface area contributed by atoms with Crippen LogP contribution in [0.5, 0.6) is 0 Å². The van der Waals surface area contributed by atoms with Crippen LogP contribution in [0.1, 0.15) is 30.7 Å². The molecule has 0 radical (unpaired) electrons. The zero-order chi connectivity index (χ0) is 23.1. The normalized spacial score (nSPS) is 10.6. The van der Waals surface area contributed by atoms with Gasteiger partial charge in [-0.1, -0.05) is 24.1 Å². The molecule has 2 aromatic carbocycles. The fourth-order valence-corrected chi connectivity index (χ4v) is 4.22. The highest BCUT2D eigenvalue weighted by Gasteiger charge is 2.15. The molecule has 8 heteroatoms. The maximum atomic E-state index is 12.8. The molecule has 0 saturated carbocycles. The van der Waals surface area contributed by atoms with Crippen LogP contribution in [-0.4, -0.2) is 25.2 Å². The van der Waals surface area contributed by atoms with E-state index < -0.39 is 9.84 Å². The van der Waals surface area contributed by atoms with E-state index in [-0.39, 0.29) is 22.5 Å². The van der Waals surface area contributed by atoms with E-state index >= 15 is 0 Å². The van der Waals surface area contributed by atoms with Gasteiger partial charge in [0, 0.05) is 25.1 Å². The first-order valence-electron chi connectivity index (χ1n) is 9.67. The van der Waals surface area contributed by atoms with Gasteiger partial charge in [0.25, 0.3) is 0 Å². The first-order valence-corrected chi connectivity index (χ1v) is 11.3. The molecule has 0 atom stereocenters. The van der Waals surface area contributed by atoms with Gasteiger partial charge >= 0.3 is 0 Å². The quantitative estimate of drug-likeness (QED) is 0.584.